The molecular weight excluding hydrogens is 318 g/mol. The molecule has 0 bridgehead atoms. The molecule has 0 aromatic heterocycles. The monoisotopic (exact) mass is 345 g/mol. The molecule has 0 aliphatic carbocycles. The fourth-order valence-electron chi connectivity index (χ4n) is 3.04. The molecule has 3 amide bonds. The molecule has 1 aromatic carbocycles. The summed E-state index contributed by atoms with van der Waals surface area (Å²) in [5.74, 6) is -0.658. The van der Waals surface area contributed by atoms with Crippen LogP contribution in [0.15, 0.2) is 24.3 Å². The van der Waals surface area contributed by atoms with Crippen LogP contribution in [0.5, 0.6) is 0 Å². The molecule has 0 radical (unpaired) electrons. The molecule has 6 nitrogen and oxygen atoms in total. The lowest BCUT2D eigenvalue weighted by Gasteiger charge is -2.37. The van der Waals surface area contributed by atoms with E-state index in [1.165, 1.54) is 0 Å². The van der Waals surface area contributed by atoms with Crippen molar-refractivity contribution >= 4 is 17.7 Å². The molecule has 1 aromatic rings. The quantitative estimate of drug-likeness (QED) is 0.731. The molecule has 1 aliphatic rings. The number of nitrogens with two attached hydrogens (primary N) is 1. The average Bonchev–Trinajstić information content (AvgIpc) is 2.62. The van der Waals surface area contributed by atoms with Gasteiger partial charge in [0.1, 0.15) is 6.04 Å². The minimum atomic E-state index is -0.509. The highest BCUT2D eigenvalue weighted by molar-refractivity contribution is 5.89. The van der Waals surface area contributed by atoms with E-state index in [1.54, 1.807) is 4.90 Å². The molecule has 1 heterocycles. The predicted molar refractivity (Wildman–Crippen MR) is 95.4 cm³/mol. The molecule has 2 rings (SSSR count). The van der Waals surface area contributed by atoms with E-state index >= 15 is 0 Å². The van der Waals surface area contributed by atoms with Crippen molar-refractivity contribution in [2.45, 2.75) is 52.1 Å². The van der Waals surface area contributed by atoms with E-state index in [0.717, 1.165) is 17.5 Å². The largest absolute Gasteiger partial charge is 0.370 e. The van der Waals surface area contributed by atoms with Gasteiger partial charge in [-0.05, 0) is 24.0 Å². The van der Waals surface area contributed by atoms with Crippen LogP contribution in [-0.4, -0.2) is 35.2 Å². The third-order valence-corrected chi connectivity index (χ3v) is 4.77. The average molecular weight is 345 g/mol. The zero-order valence-electron chi connectivity index (χ0n) is 15.0. The van der Waals surface area contributed by atoms with Gasteiger partial charge in [-0.2, -0.15) is 0 Å². The number of rotatable bonds is 7. The molecule has 0 saturated heterocycles. The molecule has 2 unspecified atom stereocenters. The van der Waals surface area contributed by atoms with Gasteiger partial charge in [-0.25, -0.2) is 0 Å². The number of nitrogens with one attached hydrogen (secondary N) is 1. The number of benzene rings is 1. The van der Waals surface area contributed by atoms with Crippen molar-refractivity contribution in [2.24, 2.45) is 11.7 Å². The maximum atomic E-state index is 12.8. The third-order valence-electron chi connectivity index (χ3n) is 4.77. The molecule has 0 saturated carbocycles. The topological polar surface area (TPSA) is 92.5 Å². The third kappa shape index (κ3) is 4.81. The van der Waals surface area contributed by atoms with E-state index < -0.39 is 6.04 Å². The van der Waals surface area contributed by atoms with E-state index in [9.17, 15) is 14.4 Å². The summed E-state index contributed by atoms with van der Waals surface area (Å²) in [6.07, 6.45) is 2.00. The standard InChI is InChI=1S/C19H27N3O3/c1-3-13(2)19(25)22-12-15-8-5-4-7-14(15)11-16(22)18(24)21-10-6-9-17(20)23/h4-5,7-8,13,16H,3,6,9-12H2,1-2H3,(H2,20,23)(H,21,24). The Bertz CT molecular complexity index is 645. The minimum absolute atomic E-state index is 0.00860. The van der Waals surface area contributed by atoms with Gasteiger partial charge in [-0.3, -0.25) is 14.4 Å². The Morgan fingerprint density at radius 2 is 1.96 bits per heavy atom. The number of fused-ring (bicyclic) bond motifs is 1. The lowest BCUT2D eigenvalue weighted by molar-refractivity contribution is -0.144. The number of hydrogen-bond donors (Lipinski definition) is 2. The number of nitrogens with zero attached hydrogens (tertiary/aromatic N) is 1. The van der Waals surface area contributed by atoms with Crippen molar-refractivity contribution in [2.75, 3.05) is 6.54 Å². The molecule has 1 aliphatic heterocycles. The van der Waals surface area contributed by atoms with Gasteiger partial charge in [0.2, 0.25) is 17.7 Å². The van der Waals surface area contributed by atoms with Crippen molar-refractivity contribution in [3.63, 3.8) is 0 Å². The summed E-state index contributed by atoms with van der Waals surface area (Å²) in [7, 11) is 0. The first-order valence-electron chi connectivity index (χ1n) is 8.87. The molecule has 0 spiro atoms. The van der Waals surface area contributed by atoms with Crippen molar-refractivity contribution in [1.82, 2.24) is 10.2 Å². The van der Waals surface area contributed by atoms with E-state index in [4.69, 9.17) is 5.73 Å². The highest BCUT2D eigenvalue weighted by Crippen LogP contribution is 2.25. The van der Waals surface area contributed by atoms with Crippen LogP contribution in [-0.2, 0) is 27.3 Å². The first-order chi connectivity index (χ1) is 11.9. The van der Waals surface area contributed by atoms with Crippen LogP contribution >= 0.6 is 0 Å². The van der Waals surface area contributed by atoms with Crippen LogP contribution in [0.2, 0.25) is 0 Å². The van der Waals surface area contributed by atoms with Crippen LogP contribution < -0.4 is 11.1 Å². The summed E-state index contributed by atoms with van der Waals surface area (Å²) < 4.78 is 0. The van der Waals surface area contributed by atoms with Gasteiger partial charge >= 0.3 is 0 Å². The summed E-state index contributed by atoms with van der Waals surface area (Å²) in [5.41, 5.74) is 7.31. The van der Waals surface area contributed by atoms with E-state index in [0.29, 0.717) is 25.9 Å². The van der Waals surface area contributed by atoms with Crippen LogP contribution in [0.1, 0.15) is 44.2 Å². The summed E-state index contributed by atoms with van der Waals surface area (Å²) in [4.78, 5) is 37.9. The maximum Gasteiger partial charge on any atom is 0.243 e. The molecule has 136 valence electrons. The van der Waals surface area contributed by atoms with Gasteiger partial charge in [0.15, 0.2) is 0 Å². The van der Waals surface area contributed by atoms with Crippen LogP contribution in [0, 0.1) is 5.92 Å². The normalized spacial score (nSPS) is 17.5. The number of primary amides is 1. The molecule has 2 atom stereocenters. The van der Waals surface area contributed by atoms with Gasteiger partial charge in [0.05, 0.1) is 0 Å². The predicted octanol–water partition coefficient (Wildman–Crippen LogP) is 1.37. The number of carbonyl (C=O) groups excluding carboxylic acids is 3. The minimum Gasteiger partial charge on any atom is -0.370 e. The number of amides is 3. The van der Waals surface area contributed by atoms with Crippen LogP contribution in [0.3, 0.4) is 0 Å². The Labute approximate surface area is 148 Å². The highest BCUT2D eigenvalue weighted by Gasteiger charge is 2.35. The molecule has 3 N–H and O–H groups in total. The van der Waals surface area contributed by atoms with Gasteiger partial charge in [0, 0.05) is 31.8 Å². The first-order valence-corrected chi connectivity index (χ1v) is 8.87. The fraction of sp³-hybridized carbons (Fsp3) is 0.526. The molecular formula is C19H27N3O3. The SMILES string of the molecule is CCC(C)C(=O)N1Cc2ccccc2CC1C(=O)NCCCC(N)=O. The summed E-state index contributed by atoms with van der Waals surface area (Å²) in [6.45, 7) is 4.70. The summed E-state index contributed by atoms with van der Waals surface area (Å²) >= 11 is 0. The van der Waals surface area contributed by atoms with E-state index in [2.05, 4.69) is 5.32 Å². The maximum absolute atomic E-state index is 12.8. The van der Waals surface area contributed by atoms with E-state index in [-0.39, 0.29) is 30.1 Å². The smallest absolute Gasteiger partial charge is 0.243 e. The van der Waals surface area contributed by atoms with Crippen molar-refractivity contribution < 1.29 is 14.4 Å². The Morgan fingerprint density at radius 3 is 2.60 bits per heavy atom. The van der Waals surface area contributed by atoms with E-state index in [1.807, 2.05) is 38.1 Å². The van der Waals surface area contributed by atoms with Crippen molar-refractivity contribution in [1.29, 1.82) is 0 Å². The first kappa shape index (κ1) is 19.0. The van der Waals surface area contributed by atoms with Crippen LogP contribution in [0.25, 0.3) is 0 Å². The second-order valence-corrected chi connectivity index (χ2v) is 6.62. The second-order valence-electron chi connectivity index (χ2n) is 6.62. The van der Waals surface area contributed by atoms with Crippen LogP contribution in [0.4, 0.5) is 0 Å². The Morgan fingerprint density at radius 1 is 1.28 bits per heavy atom. The Balaban J connectivity index is 2.12. The molecule has 6 heteroatoms. The lowest BCUT2D eigenvalue weighted by Crippen LogP contribution is -2.53. The molecule has 0 fully saturated rings. The Kier molecular flexibility index (Phi) is 6.56. The van der Waals surface area contributed by atoms with Gasteiger partial charge < -0.3 is 16.0 Å². The van der Waals surface area contributed by atoms with Crippen molar-refractivity contribution in [3.8, 4) is 0 Å². The van der Waals surface area contributed by atoms with Gasteiger partial charge in [-0.1, -0.05) is 38.1 Å². The van der Waals surface area contributed by atoms with Crippen molar-refractivity contribution in [3.05, 3.63) is 35.4 Å². The zero-order chi connectivity index (χ0) is 18.4. The summed E-state index contributed by atoms with van der Waals surface area (Å²) in [6, 6.07) is 7.41. The highest BCUT2D eigenvalue weighted by atomic mass is 16.2. The van der Waals surface area contributed by atoms with Gasteiger partial charge in [-0.15, -0.1) is 0 Å². The Hall–Kier alpha value is -2.37. The second kappa shape index (κ2) is 8.65. The fourth-order valence-corrected chi connectivity index (χ4v) is 3.04. The molecule has 25 heavy (non-hydrogen) atoms. The summed E-state index contributed by atoms with van der Waals surface area (Å²) in [5, 5.41) is 2.84. The number of carbonyl (C=O) groups is 3. The zero-order valence-corrected chi connectivity index (χ0v) is 15.0. The number of hydrogen-bond acceptors (Lipinski definition) is 3. The lowest BCUT2D eigenvalue weighted by atomic mass is 9.92. The van der Waals surface area contributed by atoms with Gasteiger partial charge in [0.25, 0.3) is 0 Å².